The molecule has 1 aliphatic carbocycles. The fourth-order valence-electron chi connectivity index (χ4n) is 2.97. The Morgan fingerprint density at radius 1 is 1.39 bits per heavy atom. The number of nitrogens with one attached hydrogen (secondary N) is 1. The molecule has 6 heteroatoms. The number of carbonyl (C=O) groups excluding carboxylic acids is 1. The highest BCUT2D eigenvalue weighted by Gasteiger charge is 2.24. The third-order valence-electron chi connectivity index (χ3n) is 4.51. The van der Waals surface area contributed by atoms with Gasteiger partial charge in [0.15, 0.2) is 0 Å². The van der Waals surface area contributed by atoms with Crippen LogP contribution in [0.4, 0.5) is 0 Å². The summed E-state index contributed by atoms with van der Waals surface area (Å²) in [4.78, 5) is 27.5. The first-order valence-corrected chi connectivity index (χ1v) is 8.10. The van der Waals surface area contributed by atoms with E-state index in [-0.39, 0.29) is 17.4 Å². The molecule has 1 aromatic carbocycles. The first-order valence-electron chi connectivity index (χ1n) is 8.10. The molecule has 0 aliphatic heterocycles. The number of benzene rings is 1. The Kier molecular flexibility index (Phi) is 4.32. The first kappa shape index (κ1) is 15.5. The zero-order chi connectivity index (χ0) is 16.4. The Bertz CT molecular complexity index is 747. The summed E-state index contributed by atoms with van der Waals surface area (Å²) in [6.07, 6.45) is 3.79. The van der Waals surface area contributed by atoms with Crippen molar-refractivity contribution >= 4 is 22.9 Å². The molecule has 0 saturated heterocycles. The maximum absolute atomic E-state index is 11.9. The first-order chi connectivity index (χ1) is 11.1. The molecule has 6 nitrogen and oxygen atoms in total. The normalized spacial score (nSPS) is 14.7. The summed E-state index contributed by atoms with van der Waals surface area (Å²) in [5.74, 6) is 0.257. The van der Waals surface area contributed by atoms with Crippen LogP contribution in [-0.2, 0) is 17.8 Å². The second-order valence-electron chi connectivity index (χ2n) is 5.95. The van der Waals surface area contributed by atoms with E-state index in [2.05, 4.69) is 14.9 Å². The van der Waals surface area contributed by atoms with Gasteiger partial charge in [0, 0.05) is 25.4 Å². The van der Waals surface area contributed by atoms with Gasteiger partial charge in [0.05, 0.1) is 16.6 Å². The summed E-state index contributed by atoms with van der Waals surface area (Å²) >= 11 is 0. The predicted molar refractivity (Wildman–Crippen MR) is 86.4 cm³/mol. The van der Waals surface area contributed by atoms with Crippen LogP contribution in [0.5, 0.6) is 0 Å². The molecule has 23 heavy (non-hydrogen) atoms. The lowest BCUT2D eigenvalue weighted by molar-refractivity contribution is -0.127. The fraction of sp³-hybridized carbons (Fsp3) is 0.471. The molecule has 122 valence electrons. The van der Waals surface area contributed by atoms with Crippen molar-refractivity contribution in [3.8, 4) is 0 Å². The second-order valence-corrected chi connectivity index (χ2v) is 5.95. The lowest BCUT2D eigenvalue weighted by Crippen LogP contribution is -2.35. The van der Waals surface area contributed by atoms with Crippen molar-refractivity contribution in [3.63, 3.8) is 0 Å². The quantitative estimate of drug-likeness (QED) is 0.856. The average molecular weight is 315 g/mol. The van der Waals surface area contributed by atoms with E-state index in [9.17, 15) is 9.59 Å². The van der Waals surface area contributed by atoms with E-state index in [1.54, 1.807) is 18.2 Å². The van der Waals surface area contributed by atoms with E-state index in [1.165, 1.54) is 0 Å². The monoisotopic (exact) mass is 315 g/mol. The molecule has 1 aromatic heterocycles. The molecule has 0 atom stereocenters. The highest BCUT2D eigenvalue weighted by Crippen LogP contribution is 2.26. The third kappa shape index (κ3) is 3.06. The zero-order valence-corrected chi connectivity index (χ0v) is 13.2. The van der Waals surface area contributed by atoms with Crippen LogP contribution in [0.1, 0.15) is 42.4 Å². The van der Waals surface area contributed by atoms with E-state index in [4.69, 9.17) is 5.11 Å². The second kappa shape index (κ2) is 6.40. The molecule has 2 aromatic rings. The van der Waals surface area contributed by atoms with E-state index in [0.29, 0.717) is 18.5 Å². The van der Waals surface area contributed by atoms with Crippen LogP contribution in [0.15, 0.2) is 18.2 Å². The zero-order valence-electron chi connectivity index (χ0n) is 13.2. The number of aryl methyl sites for hydroxylation is 1. The minimum absolute atomic E-state index is 0.142. The number of carboxylic acids is 1. The van der Waals surface area contributed by atoms with Gasteiger partial charge >= 0.3 is 5.97 Å². The van der Waals surface area contributed by atoms with Crippen LogP contribution in [0.2, 0.25) is 0 Å². The van der Waals surface area contributed by atoms with Crippen molar-refractivity contribution < 1.29 is 14.7 Å². The number of aromatic carboxylic acids is 1. The van der Waals surface area contributed by atoms with Crippen LogP contribution in [0.3, 0.4) is 0 Å². The maximum Gasteiger partial charge on any atom is 0.335 e. The van der Waals surface area contributed by atoms with Crippen LogP contribution >= 0.6 is 0 Å². The van der Waals surface area contributed by atoms with Crippen molar-refractivity contribution in [1.82, 2.24) is 14.9 Å². The van der Waals surface area contributed by atoms with Gasteiger partial charge in [-0.3, -0.25) is 4.79 Å². The fourth-order valence-corrected chi connectivity index (χ4v) is 2.97. The van der Waals surface area contributed by atoms with Gasteiger partial charge in [-0.05, 0) is 38.0 Å². The molecule has 1 amide bonds. The molecule has 0 bridgehead atoms. The number of aromatic nitrogens is 2. The summed E-state index contributed by atoms with van der Waals surface area (Å²) in [5, 5.41) is 12.1. The van der Waals surface area contributed by atoms with Crippen molar-refractivity contribution in [2.75, 3.05) is 6.54 Å². The van der Waals surface area contributed by atoms with Crippen molar-refractivity contribution in [3.05, 3.63) is 29.6 Å². The van der Waals surface area contributed by atoms with E-state index >= 15 is 0 Å². The van der Waals surface area contributed by atoms with Gasteiger partial charge in [-0.15, -0.1) is 0 Å². The lowest BCUT2D eigenvalue weighted by Gasteiger charge is -2.23. The Morgan fingerprint density at radius 3 is 2.78 bits per heavy atom. The number of hydrogen-bond donors (Lipinski definition) is 2. The SMILES string of the molecule is CCn1c(CCNC(=O)C2CCC2)nc2cc(C(=O)O)ccc21. The topological polar surface area (TPSA) is 84.2 Å². The van der Waals surface area contributed by atoms with Gasteiger partial charge in [0.2, 0.25) is 5.91 Å². The minimum Gasteiger partial charge on any atom is -0.478 e. The summed E-state index contributed by atoms with van der Waals surface area (Å²) in [5.41, 5.74) is 1.85. The predicted octanol–water partition coefficient (Wildman–Crippen LogP) is 2.21. The minimum atomic E-state index is -0.952. The summed E-state index contributed by atoms with van der Waals surface area (Å²) in [6, 6.07) is 4.99. The van der Waals surface area contributed by atoms with Crippen LogP contribution in [0.25, 0.3) is 11.0 Å². The highest BCUT2D eigenvalue weighted by molar-refractivity contribution is 5.92. The molecule has 1 saturated carbocycles. The number of hydrogen-bond acceptors (Lipinski definition) is 3. The summed E-state index contributed by atoms with van der Waals surface area (Å²) in [7, 11) is 0. The molecule has 1 heterocycles. The van der Waals surface area contributed by atoms with E-state index in [0.717, 1.165) is 37.1 Å². The third-order valence-corrected chi connectivity index (χ3v) is 4.51. The molecule has 1 fully saturated rings. The standard InChI is InChI=1S/C17H21N3O3/c1-2-20-14-7-6-12(17(22)23)10-13(14)19-15(20)8-9-18-16(21)11-4-3-5-11/h6-7,10-11H,2-5,8-9H2,1H3,(H,18,21)(H,22,23). The van der Waals surface area contributed by atoms with Gasteiger partial charge < -0.3 is 15.0 Å². The molecule has 2 N–H and O–H groups in total. The van der Waals surface area contributed by atoms with E-state index < -0.39 is 5.97 Å². The highest BCUT2D eigenvalue weighted by atomic mass is 16.4. The molecule has 0 spiro atoms. The van der Waals surface area contributed by atoms with Gasteiger partial charge in [0.25, 0.3) is 0 Å². The number of amides is 1. The number of carboxylic acid groups (broad SMARTS) is 1. The lowest BCUT2D eigenvalue weighted by atomic mass is 9.85. The smallest absolute Gasteiger partial charge is 0.335 e. The van der Waals surface area contributed by atoms with Gasteiger partial charge in [-0.1, -0.05) is 6.42 Å². The Balaban J connectivity index is 1.74. The Morgan fingerprint density at radius 2 is 2.17 bits per heavy atom. The summed E-state index contributed by atoms with van der Waals surface area (Å²) < 4.78 is 2.07. The van der Waals surface area contributed by atoms with Crippen LogP contribution < -0.4 is 5.32 Å². The largest absolute Gasteiger partial charge is 0.478 e. The summed E-state index contributed by atoms with van der Waals surface area (Å²) in [6.45, 7) is 3.35. The Hall–Kier alpha value is -2.37. The van der Waals surface area contributed by atoms with Gasteiger partial charge in [0.1, 0.15) is 5.82 Å². The molecular weight excluding hydrogens is 294 g/mol. The number of nitrogens with zero attached hydrogens (tertiary/aromatic N) is 2. The Labute approximate surface area is 134 Å². The van der Waals surface area contributed by atoms with Gasteiger partial charge in [-0.2, -0.15) is 0 Å². The molecular formula is C17H21N3O3. The molecule has 0 unspecified atom stereocenters. The van der Waals surface area contributed by atoms with Crippen molar-refractivity contribution in [2.24, 2.45) is 5.92 Å². The number of rotatable bonds is 6. The number of imidazole rings is 1. The van der Waals surface area contributed by atoms with E-state index in [1.807, 2.05) is 6.92 Å². The average Bonchev–Trinajstić information content (AvgIpc) is 2.81. The molecule has 0 radical (unpaired) electrons. The van der Waals surface area contributed by atoms with Crippen LogP contribution in [-0.4, -0.2) is 33.1 Å². The number of carbonyl (C=O) groups is 2. The maximum atomic E-state index is 11.9. The van der Waals surface area contributed by atoms with Crippen molar-refractivity contribution in [2.45, 2.75) is 39.2 Å². The molecule has 3 rings (SSSR count). The van der Waals surface area contributed by atoms with Crippen molar-refractivity contribution in [1.29, 1.82) is 0 Å². The number of fused-ring (bicyclic) bond motifs is 1. The molecule has 1 aliphatic rings. The van der Waals surface area contributed by atoms with Crippen LogP contribution in [0, 0.1) is 5.92 Å². The van der Waals surface area contributed by atoms with Gasteiger partial charge in [-0.25, -0.2) is 9.78 Å².